The predicted octanol–water partition coefficient (Wildman–Crippen LogP) is 2.58. The summed E-state index contributed by atoms with van der Waals surface area (Å²) in [7, 11) is 0. The normalized spacial score (nSPS) is 22.8. The van der Waals surface area contributed by atoms with Crippen molar-refractivity contribution in [3.63, 3.8) is 0 Å². The Balaban J connectivity index is 2.08. The smallest absolute Gasteiger partial charge is 0.145 e. The molecular weight excluding hydrogens is 258 g/mol. The van der Waals surface area contributed by atoms with Gasteiger partial charge < -0.3 is 10.7 Å². The van der Waals surface area contributed by atoms with Crippen LogP contribution < -0.4 is 16.6 Å². The molecular formula is C13H23N5S. The molecule has 1 aliphatic heterocycles. The van der Waals surface area contributed by atoms with E-state index in [1.807, 2.05) is 17.8 Å². The number of hydrogen-bond donors (Lipinski definition) is 3. The van der Waals surface area contributed by atoms with Crippen molar-refractivity contribution in [1.82, 2.24) is 9.97 Å². The van der Waals surface area contributed by atoms with Crippen molar-refractivity contribution in [2.24, 2.45) is 5.84 Å². The molecule has 1 unspecified atom stereocenters. The monoisotopic (exact) mass is 281 g/mol. The van der Waals surface area contributed by atoms with E-state index in [1.54, 1.807) is 0 Å². The van der Waals surface area contributed by atoms with Gasteiger partial charge in [0.25, 0.3) is 0 Å². The second kappa shape index (κ2) is 5.96. The number of nitrogens with zero attached hydrogens (tertiary/aromatic N) is 2. The molecule has 1 aromatic rings. The Bertz CT molecular complexity index is 429. The van der Waals surface area contributed by atoms with E-state index in [-0.39, 0.29) is 5.92 Å². The fourth-order valence-corrected chi connectivity index (χ4v) is 3.39. The van der Waals surface area contributed by atoms with E-state index in [4.69, 9.17) is 5.84 Å². The van der Waals surface area contributed by atoms with Crippen LogP contribution in [0.3, 0.4) is 0 Å². The third-order valence-corrected chi connectivity index (χ3v) is 4.89. The van der Waals surface area contributed by atoms with Gasteiger partial charge in [-0.1, -0.05) is 13.8 Å². The van der Waals surface area contributed by atoms with Gasteiger partial charge in [-0.3, -0.25) is 0 Å². The van der Waals surface area contributed by atoms with E-state index in [2.05, 4.69) is 41.5 Å². The van der Waals surface area contributed by atoms with E-state index < -0.39 is 0 Å². The highest BCUT2D eigenvalue weighted by Crippen LogP contribution is 2.37. The summed E-state index contributed by atoms with van der Waals surface area (Å²) in [5.74, 6) is 9.31. The highest BCUT2D eigenvalue weighted by Gasteiger charge is 2.29. The molecule has 2 heterocycles. The molecule has 6 heteroatoms. The molecule has 0 aliphatic carbocycles. The molecule has 4 N–H and O–H groups in total. The minimum absolute atomic E-state index is 0.283. The van der Waals surface area contributed by atoms with Gasteiger partial charge in [0.05, 0.1) is 0 Å². The van der Waals surface area contributed by atoms with Crippen LogP contribution >= 0.6 is 11.8 Å². The van der Waals surface area contributed by atoms with Crippen LogP contribution in [0.5, 0.6) is 0 Å². The molecule has 0 radical (unpaired) electrons. The van der Waals surface area contributed by atoms with Crippen molar-refractivity contribution < 1.29 is 0 Å². The van der Waals surface area contributed by atoms with E-state index in [1.165, 1.54) is 18.6 Å². The maximum atomic E-state index is 5.46. The summed E-state index contributed by atoms with van der Waals surface area (Å²) >= 11 is 2.04. The lowest BCUT2D eigenvalue weighted by molar-refractivity contribution is 0.633. The number of aromatic nitrogens is 2. The van der Waals surface area contributed by atoms with Crippen LogP contribution in [-0.4, -0.2) is 27.0 Å². The zero-order chi connectivity index (χ0) is 13.9. The van der Waals surface area contributed by atoms with E-state index in [9.17, 15) is 0 Å². The van der Waals surface area contributed by atoms with Gasteiger partial charge in [-0.05, 0) is 25.5 Å². The molecule has 0 spiro atoms. The van der Waals surface area contributed by atoms with E-state index in [0.29, 0.717) is 10.6 Å². The molecule has 1 aromatic heterocycles. The van der Waals surface area contributed by atoms with Gasteiger partial charge in [0.15, 0.2) is 0 Å². The number of nitrogen functional groups attached to an aromatic ring is 1. The second-order valence-corrected chi connectivity index (χ2v) is 7.23. The number of hydrazine groups is 1. The van der Waals surface area contributed by atoms with E-state index >= 15 is 0 Å². The molecule has 1 atom stereocenters. The SMILES string of the molecule is CC(C)c1nc(NN)cc(NCC2(C)CCCS2)n1. The first-order chi connectivity index (χ1) is 9.02. The van der Waals surface area contributed by atoms with Crippen LogP contribution in [0.15, 0.2) is 6.07 Å². The largest absolute Gasteiger partial charge is 0.369 e. The predicted molar refractivity (Wildman–Crippen MR) is 82.5 cm³/mol. The van der Waals surface area contributed by atoms with Crippen LogP contribution in [0.25, 0.3) is 0 Å². The van der Waals surface area contributed by atoms with Crippen LogP contribution in [0.2, 0.25) is 0 Å². The fourth-order valence-electron chi connectivity index (χ4n) is 2.14. The summed E-state index contributed by atoms with van der Waals surface area (Å²) in [6.07, 6.45) is 2.56. The third kappa shape index (κ3) is 3.73. The Labute approximate surface area is 119 Å². The maximum Gasteiger partial charge on any atom is 0.145 e. The lowest BCUT2D eigenvalue weighted by atomic mass is 10.1. The molecule has 1 fully saturated rings. The van der Waals surface area contributed by atoms with Crippen LogP contribution in [0.4, 0.5) is 11.6 Å². The van der Waals surface area contributed by atoms with Crippen molar-refractivity contribution in [1.29, 1.82) is 0 Å². The molecule has 0 saturated carbocycles. The summed E-state index contributed by atoms with van der Waals surface area (Å²) in [5, 5.41) is 3.43. The first kappa shape index (κ1) is 14.4. The minimum Gasteiger partial charge on any atom is -0.369 e. The van der Waals surface area contributed by atoms with Crippen molar-refractivity contribution in [2.45, 2.75) is 44.3 Å². The van der Waals surface area contributed by atoms with Gasteiger partial charge in [-0.25, -0.2) is 15.8 Å². The molecule has 0 bridgehead atoms. The number of hydrogen-bond acceptors (Lipinski definition) is 6. The highest BCUT2D eigenvalue weighted by atomic mass is 32.2. The first-order valence-corrected chi connectivity index (χ1v) is 7.74. The summed E-state index contributed by atoms with van der Waals surface area (Å²) in [4.78, 5) is 8.90. The topological polar surface area (TPSA) is 75.9 Å². The highest BCUT2D eigenvalue weighted by molar-refractivity contribution is 8.00. The number of nitrogens with two attached hydrogens (primary N) is 1. The van der Waals surface area contributed by atoms with Gasteiger partial charge in [0, 0.05) is 23.3 Å². The first-order valence-electron chi connectivity index (χ1n) is 6.76. The quantitative estimate of drug-likeness (QED) is 0.569. The molecule has 0 amide bonds. The third-order valence-electron chi connectivity index (χ3n) is 3.35. The maximum absolute atomic E-state index is 5.46. The van der Waals surface area contributed by atoms with Gasteiger partial charge in [0.1, 0.15) is 17.5 Å². The van der Waals surface area contributed by atoms with Crippen molar-refractivity contribution >= 4 is 23.4 Å². The van der Waals surface area contributed by atoms with Crippen LogP contribution in [0, 0.1) is 0 Å². The average molecular weight is 281 g/mol. The van der Waals surface area contributed by atoms with Gasteiger partial charge >= 0.3 is 0 Å². The molecule has 1 saturated heterocycles. The molecule has 5 nitrogen and oxygen atoms in total. The average Bonchev–Trinajstić information content (AvgIpc) is 2.83. The Hall–Kier alpha value is -1.01. The number of rotatable bonds is 5. The van der Waals surface area contributed by atoms with Gasteiger partial charge in [0.2, 0.25) is 0 Å². The van der Waals surface area contributed by atoms with Gasteiger partial charge in [-0.2, -0.15) is 11.8 Å². The van der Waals surface area contributed by atoms with E-state index in [0.717, 1.165) is 18.2 Å². The lowest BCUT2D eigenvalue weighted by Gasteiger charge is -2.23. The second-order valence-electron chi connectivity index (χ2n) is 5.55. The molecule has 2 rings (SSSR count). The Morgan fingerprint density at radius 3 is 2.74 bits per heavy atom. The standard InChI is InChI=1S/C13H23N5S/c1-9(2)12-16-10(7-11(17-12)18-14)15-8-13(3)5-4-6-19-13/h7,9H,4-6,8,14H2,1-3H3,(H2,15,16,17,18). The molecule has 0 aromatic carbocycles. The molecule has 1 aliphatic rings. The Morgan fingerprint density at radius 1 is 1.42 bits per heavy atom. The summed E-state index contributed by atoms with van der Waals surface area (Å²) < 4.78 is 0.319. The van der Waals surface area contributed by atoms with Crippen molar-refractivity contribution in [3.05, 3.63) is 11.9 Å². The number of nitrogens with one attached hydrogen (secondary N) is 2. The molecule has 106 valence electrons. The minimum atomic E-state index is 0.283. The summed E-state index contributed by atoms with van der Waals surface area (Å²) in [6, 6.07) is 1.86. The van der Waals surface area contributed by atoms with Crippen molar-refractivity contribution in [3.8, 4) is 0 Å². The zero-order valence-corrected chi connectivity index (χ0v) is 12.7. The molecule has 19 heavy (non-hydrogen) atoms. The number of thioether (sulfide) groups is 1. The van der Waals surface area contributed by atoms with Crippen LogP contribution in [-0.2, 0) is 0 Å². The Kier molecular flexibility index (Phi) is 4.52. The van der Waals surface area contributed by atoms with Crippen molar-refractivity contribution in [2.75, 3.05) is 23.0 Å². The lowest BCUT2D eigenvalue weighted by Crippen LogP contribution is -2.27. The van der Waals surface area contributed by atoms with Crippen LogP contribution in [0.1, 0.15) is 45.4 Å². The fraction of sp³-hybridized carbons (Fsp3) is 0.692. The zero-order valence-electron chi connectivity index (χ0n) is 11.9. The van der Waals surface area contributed by atoms with Gasteiger partial charge in [-0.15, -0.1) is 0 Å². The summed E-state index contributed by atoms with van der Waals surface area (Å²) in [6.45, 7) is 7.39. The number of anilines is 2. The summed E-state index contributed by atoms with van der Waals surface area (Å²) in [5.41, 5.74) is 2.60. The Morgan fingerprint density at radius 2 is 2.16 bits per heavy atom.